The Morgan fingerprint density at radius 3 is 2.41 bits per heavy atom. The number of amides is 1. The van der Waals surface area contributed by atoms with Crippen molar-refractivity contribution in [2.24, 2.45) is 0 Å². The topological polar surface area (TPSA) is 41.4 Å². The molecule has 3 aromatic rings. The van der Waals surface area contributed by atoms with Gasteiger partial charge in [-0.3, -0.25) is 14.4 Å². The fraction of sp³-hybridized carbons (Fsp3) is 0.273. The standard InChI is InChI=1S/C22H22BrFN4O/c23-20-13-25-28(16-20)15-17-3-1-5-19(11-17)22(29)27-9-7-26(8-10-27)14-18-4-2-6-21(24)12-18/h1-6,11-13,16H,7-10,14-15H2. The van der Waals surface area contributed by atoms with E-state index in [1.807, 2.05) is 46.1 Å². The van der Waals surface area contributed by atoms with Gasteiger partial charge in [0.15, 0.2) is 0 Å². The van der Waals surface area contributed by atoms with Crippen molar-refractivity contribution in [3.05, 3.63) is 87.9 Å². The Bertz CT molecular complexity index is 998. The lowest BCUT2D eigenvalue weighted by molar-refractivity contribution is 0.0628. The highest BCUT2D eigenvalue weighted by atomic mass is 79.9. The van der Waals surface area contributed by atoms with Crippen molar-refractivity contribution < 1.29 is 9.18 Å². The third-order valence-corrected chi connectivity index (χ3v) is 5.48. The molecular formula is C22H22BrFN4O. The Kier molecular flexibility index (Phi) is 6.06. The van der Waals surface area contributed by atoms with Crippen LogP contribution in [0.1, 0.15) is 21.5 Å². The van der Waals surface area contributed by atoms with E-state index in [4.69, 9.17) is 0 Å². The molecule has 150 valence electrons. The molecule has 0 aliphatic carbocycles. The van der Waals surface area contributed by atoms with E-state index in [1.54, 1.807) is 18.3 Å². The largest absolute Gasteiger partial charge is 0.336 e. The maximum Gasteiger partial charge on any atom is 0.253 e. The second-order valence-electron chi connectivity index (χ2n) is 7.25. The number of hydrogen-bond acceptors (Lipinski definition) is 3. The van der Waals surface area contributed by atoms with Crippen LogP contribution in [-0.2, 0) is 13.1 Å². The van der Waals surface area contributed by atoms with Crippen LogP contribution in [0.2, 0.25) is 0 Å². The molecule has 1 aromatic heterocycles. The molecule has 0 atom stereocenters. The zero-order valence-corrected chi connectivity index (χ0v) is 17.6. The van der Waals surface area contributed by atoms with Gasteiger partial charge in [0.2, 0.25) is 0 Å². The molecule has 0 saturated carbocycles. The molecule has 1 aliphatic heterocycles. The number of halogens is 2. The van der Waals surface area contributed by atoms with E-state index in [1.165, 1.54) is 6.07 Å². The van der Waals surface area contributed by atoms with Gasteiger partial charge in [-0.15, -0.1) is 0 Å². The first-order valence-electron chi connectivity index (χ1n) is 9.60. The minimum absolute atomic E-state index is 0.0545. The van der Waals surface area contributed by atoms with Gasteiger partial charge in [-0.25, -0.2) is 4.39 Å². The monoisotopic (exact) mass is 456 g/mol. The van der Waals surface area contributed by atoms with Crippen LogP contribution in [0.25, 0.3) is 0 Å². The quantitative estimate of drug-likeness (QED) is 0.586. The molecule has 2 heterocycles. The van der Waals surface area contributed by atoms with Crippen LogP contribution >= 0.6 is 15.9 Å². The predicted molar refractivity (Wildman–Crippen MR) is 113 cm³/mol. The van der Waals surface area contributed by atoms with Crippen molar-refractivity contribution in [1.29, 1.82) is 0 Å². The second-order valence-corrected chi connectivity index (χ2v) is 8.17. The number of carbonyl (C=O) groups excluding carboxylic acids is 1. The van der Waals surface area contributed by atoms with Gasteiger partial charge in [-0.2, -0.15) is 5.10 Å². The second kappa shape index (κ2) is 8.88. The Labute approximate surface area is 177 Å². The number of piperazine rings is 1. The minimum atomic E-state index is -0.210. The molecule has 1 fully saturated rings. The van der Waals surface area contributed by atoms with Crippen molar-refractivity contribution in [3.8, 4) is 0 Å². The average Bonchev–Trinajstić information content (AvgIpc) is 3.13. The van der Waals surface area contributed by atoms with Crippen molar-refractivity contribution in [3.63, 3.8) is 0 Å². The molecule has 4 rings (SSSR count). The highest BCUT2D eigenvalue weighted by Crippen LogP contribution is 2.15. The summed E-state index contributed by atoms with van der Waals surface area (Å²) < 4.78 is 16.1. The van der Waals surface area contributed by atoms with Gasteiger partial charge in [0.25, 0.3) is 5.91 Å². The highest BCUT2D eigenvalue weighted by Gasteiger charge is 2.22. The zero-order chi connectivity index (χ0) is 20.2. The first-order chi connectivity index (χ1) is 14.1. The summed E-state index contributed by atoms with van der Waals surface area (Å²) in [7, 11) is 0. The number of benzene rings is 2. The van der Waals surface area contributed by atoms with Crippen molar-refractivity contribution in [1.82, 2.24) is 19.6 Å². The van der Waals surface area contributed by atoms with Gasteiger partial charge in [0.1, 0.15) is 5.82 Å². The Hall–Kier alpha value is -2.51. The predicted octanol–water partition coefficient (Wildman–Crippen LogP) is 3.79. The van der Waals surface area contributed by atoms with Crippen LogP contribution in [0.5, 0.6) is 0 Å². The van der Waals surface area contributed by atoms with Gasteiger partial charge >= 0.3 is 0 Å². The van der Waals surface area contributed by atoms with Crippen LogP contribution in [0.4, 0.5) is 4.39 Å². The van der Waals surface area contributed by atoms with Crippen LogP contribution in [0.15, 0.2) is 65.4 Å². The summed E-state index contributed by atoms with van der Waals surface area (Å²) in [5, 5.41) is 4.27. The van der Waals surface area contributed by atoms with Crippen LogP contribution < -0.4 is 0 Å². The summed E-state index contributed by atoms with van der Waals surface area (Å²) in [6, 6.07) is 14.4. The van der Waals surface area contributed by atoms with E-state index >= 15 is 0 Å². The van der Waals surface area contributed by atoms with E-state index in [0.717, 1.165) is 28.7 Å². The maximum absolute atomic E-state index is 13.4. The lowest BCUT2D eigenvalue weighted by Crippen LogP contribution is -2.48. The summed E-state index contributed by atoms with van der Waals surface area (Å²) in [5.74, 6) is -0.155. The van der Waals surface area contributed by atoms with Crippen LogP contribution in [-0.4, -0.2) is 51.7 Å². The van der Waals surface area contributed by atoms with Crippen molar-refractivity contribution in [2.75, 3.05) is 26.2 Å². The fourth-order valence-electron chi connectivity index (χ4n) is 3.60. The van der Waals surface area contributed by atoms with Crippen LogP contribution in [0, 0.1) is 5.82 Å². The minimum Gasteiger partial charge on any atom is -0.336 e. The summed E-state index contributed by atoms with van der Waals surface area (Å²) in [4.78, 5) is 17.1. The summed E-state index contributed by atoms with van der Waals surface area (Å²) in [6.07, 6.45) is 3.66. The zero-order valence-electron chi connectivity index (χ0n) is 16.0. The molecule has 1 aliphatic rings. The average molecular weight is 457 g/mol. The third kappa shape index (κ3) is 5.10. The van der Waals surface area contributed by atoms with Crippen molar-refractivity contribution in [2.45, 2.75) is 13.1 Å². The lowest BCUT2D eigenvalue weighted by atomic mass is 10.1. The summed E-state index contributed by atoms with van der Waals surface area (Å²) in [6.45, 7) is 4.23. The molecule has 1 amide bonds. The van der Waals surface area contributed by atoms with Gasteiger partial charge in [-0.05, 0) is 51.3 Å². The smallest absolute Gasteiger partial charge is 0.253 e. The molecule has 0 bridgehead atoms. The molecule has 7 heteroatoms. The number of aromatic nitrogens is 2. The molecule has 0 N–H and O–H groups in total. The van der Waals surface area contributed by atoms with Gasteiger partial charge < -0.3 is 4.90 Å². The molecule has 0 radical (unpaired) electrons. The Morgan fingerprint density at radius 2 is 1.72 bits per heavy atom. The first kappa shape index (κ1) is 19.8. The van der Waals surface area contributed by atoms with Crippen molar-refractivity contribution >= 4 is 21.8 Å². The maximum atomic E-state index is 13.4. The first-order valence-corrected chi connectivity index (χ1v) is 10.4. The summed E-state index contributed by atoms with van der Waals surface area (Å²) >= 11 is 3.40. The van der Waals surface area contributed by atoms with E-state index in [2.05, 4.69) is 25.9 Å². The number of nitrogens with zero attached hydrogens (tertiary/aromatic N) is 4. The van der Waals surface area contributed by atoms with E-state index in [9.17, 15) is 9.18 Å². The molecule has 29 heavy (non-hydrogen) atoms. The number of rotatable bonds is 5. The SMILES string of the molecule is O=C(c1cccc(Cn2cc(Br)cn2)c1)N1CCN(Cc2cccc(F)c2)CC1. The number of carbonyl (C=O) groups is 1. The lowest BCUT2D eigenvalue weighted by Gasteiger charge is -2.34. The Balaban J connectivity index is 1.35. The molecule has 0 unspecified atom stereocenters. The van der Waals surface area contributed by atoms with E-state index in [0.29, 0.717) is 31.7 Å². The van der Waals surface area contributed by atoms with Gasteiger partial charge in [0, 0.05) is 44.5 Å². The number of hydrogen-bond donors (Lipinski definition) is 0. The third-order valence-electron chi connectivity index (χ3n) is 5.07. The highest BCUT2D eigenvalue weighted by molar-refractivity contribution is 9.10. The van der Waals surface area contributed by atoms with Crippen LogP contribution in [0.3, 0.4) is 0 Å². The molecule has 2 aromatic carbocycles. The molecule has 1 saturated heterocycles. The van der Waals surface area contributed by atoms with E-state index in [-0.39, 0.29) is 11.7 Å². The molecule has 5 nitrogen and oxygen atoms in total. The normalized spacial score (nSPS) is 14.9. The fourth-order valence-corrected chi connectivity index (χ4v) is 3.93. The van der Waals surface area contributed by atoms with Gasteiger partial charge in [-0.1, -0.05) is 24.3 Å². The molecule has 0 spiro atoms. The van der Waals surface area contributed by atoms with E-state index < -0.39 is 0 Å². The Morgan fingerprint density at radius 1 is 1.00 bits per heavy atom. The summed E-state index contributed by atoms with van der Waals surface area (Å²) in [5.41, 5.74) is 2.70. The molecular weight excluding hydrogens is 435 g/mol. The van der Waals surface area contributed by atoms with Gasteiger partial charge in [0.05, 0.1) is 17.2 Å².